The minimum atomic E-state index is -0.0316. The van der Waals surface area contributed by atoms with Crippen LogP contribution >= 0.6 is 11.3 Å². The van der Waals surface area contributed by atoms with E-state index in [0.29, 0.717) is 13.0 Å². The van der Waals surface area contributed by atoms with Gasteiger partial charge in [-0.25, -0.2) is 0 Å². The Morgan fingerprint density at radius 1 is 1.19 bits per heavy atom. The van der Waals surface area contributed by atoms with Crippen LogP contribution < -0.4 is 4.74 Å². The summed E-state index contributed by atoms with van der Waals surface area (Å²) in [4.78, 5) is 0. The quantitative estimate of drug-likeness (QED) is 0.471. The lowest BCUT2D eigenvalue weighted by Gasteiger charge is -2.10. The highest BCUT2D eigenvalue weighted by Crippen LogP contribution is 2.45. The van der Waals surface area contributed by atoms with Gasteiger partial charge in [0.1, 0.15) is 12.4 Å². The zero-order chi connectivity index (χ0) is 18.6. The Morgan fingerprint density at radius 3 is 2.70 bits per heavy atom. The summed E-state index contributed by atoms with van der Waals surface area (Å²) in [6.45, 7) is 2.37. The highest BCUT2D eigenvalue weighted by atomic mass is 32.1. The molecule has 1 aromatic heterocycles. The second-order valence-corrected chi connectivity index (χ2v) is 7.87. The number of ether oxygens (including phenoxy) is 1. The van der Waals surface area contributed by atoms with Gasteiger partial charge in [0.25, 0.3) is 0 Å². The van der Waals surface area contributed by atoms with Crippen LogP contribution in [0.2, 0.25) is 0 Å². The average molecular weight is 372 g/mol. The third-order valence-corrected chi connectivity index (χ3v) is 5.97. The summed E-state index contributed by atoms with van der Waals surface area (Å²) in [6, 6.07) is 16.8. The van der Waals surface area contributed by atoms with Crippen molar-refractivity contribution in [1.82, 2.24) is 0 Å². The standard InChI is InChI=1S/C24H21NOS/c1-2-3-18(12-13-25)19-7-9-21(10-8-19)26-15-17-4-11-24-22(14-17)23(16-27-24)20-5-6-20/h4,7-11,14,16,18,20H,5-6,12,15H2,1H3/t18-/m0/s1. The Kier molecular flexibility index (Phi) is 5.14. The SMILES string of the molecule is CC#C[C@@H](CC#N)c1ccc(OCc2ccc3scc(C4CC4)c3c2)cc1. The number of hydrogen-bond donors (Lipinski definition) is 0. The maximum atomic E-state index is 8.97. The lowest BCUT2D eigenvalue weighted by atomic mass is 9.97. The summed E-state index contributed by atoms with van der Waals surface area (Å²) in [5.41, 5.74) is 3.78. The van der Waals surface area contributed by atoms with Crippen molar-refractivity contribution in [3.8, 4) is 23.7 Å². The van der Waals surface area contributed by atoms with E-state index in [1.807, 2.05) is 35.6 Å². The highest BCUT2D eigenvalue weighted by Gasteiger charge is 2.26. The smallest absolute Gasteiger partial charge is 0.119 e. The molecule has 1 fully saturated rings. The third kappa shape index (κ3) is 4.00. The zero-order valence-electron chi connectivity index (χ0n) is 15.4. The normalized spacial score (nSPS) is 14.2. The summed E-state index contributed by atoms with van der Waals surface area (Å²) in [5.74, 6) is 7.59. The molecule has 134 valence electrons. The highest BCUT2D eigenvalue weighted by molar-refractivity contribution is 7.17. The minimum absolute atomic E-state index is 0.0316. The van der Waals surface area contributed by atoms with Gasteiger partial charge in [0.2, 0.25) is 0 Å². The summed E-state index contributed by atoms with van der Waals surface area (Å²) in [5, 5.41) is 12.7. The molecule has 0 spiro atoms. The van der Waals surface area contributed by atoms with Gasteiger partial charge < -0.3 is 4.74 Å². The van der Waals surface area contributed by atoms with E-state index in [1.54, 1.807) is 6.92 Å². The van der Waals surface area contributed by atoms with Crippen LogP contribution in [0.15, 0.2) is 47.8 Å². The van der Waals surface area contributed by atoms with Gasteiger partial charge in [0.15, 0.2) is 0 Å². The molecule has 3 heteroatoms. The number of nitrogens with zero attached hydrogens (tertiary/aromatic N) is 1. The molecule has 1 aliphatic rings. The molecule has 4 rings (SSSR count). The van der Waals surface area contributed by atoms with Gasteiger partial charge in [0, 0.05) is 4.70 Å². The molecule has 1 atom stereocenters. The molecule has 0 bridgehead atoms. The first-order valence-corrected chi connectivity index (χ1v) is 10.2. The Morgan fingerprint density at radius 2 is 2.00 bits per heavy atom. The van der Waals surface area contributed by atoms with E-state index in [1.165, 1.54) is 34.1 Å². The largest absolute Gasteiger partial charge is 0.489 e. The fourth-order valence-corrected chi connectivity index (χ4v) is 4.40. The van der Waals surface area contributed by atoms with E-state index in [4.69, 9.17) is 10.00 Å². The van der Waals surface area contributed by atoms with Crippen molar-refractivity contribution >= 4 is 21.4 Å². The molecule has 0 N–H and O–H groups in total. The Hall–Kier alpha value is -2.75. The molecule has 0 aliphatic heterocycles. The summed E-state index contributed by atoms with van der Waals surface area (Å²) in [6.07, 6.45) is 3.06. The van der Waals surface area contributed by atoms with Crippen LogP contribution in [0.25, 0.3) is 10.1 Å². The molecule has 2 aromatic carbocycles. The Labute approximate surface area is 164 Å². The molecular formula is C24H21NOS. The molecule has 1 heterocycles. The number of fused-ring (bicyclic) bond motifs is 1. The Balaban J connectivity index is 1.45. The second kappa shape index (κ2) is 7.87. The molecule has 2 nitrogen and oxygen atoms in total. The fourth-order valence-electron chi connectivity index (χ4n) is 3.38. The van der Waals surface area contributed by atoms with E-state index in [9.17, 15) is 0 Å². The maximum Gasteiger partial charge on any atom is 0.119 e. The number of benzene rings is 2. The van der Waals surface area contributed by atoms with Crippen LogP contribution in [-0.4, -0.2) is 0 Å². The predicted octanol–water partition coefficient (Wildman–Crippen LogP) is 6.38. The first-order valence-electron chi connectivity index (χ1n) is 9.30. The van der Waals surface area contributed by atoms with Crippen molar-refractivity contribution in [1.29, 1.82) is 5.26 Å². The lowest BCUT2D eigenvalue weighted by molar-refractivity contribution is 0.306. The second-order valence-electron chi connectivity index (χ2n) is 6.96. The number of rotatable bonds is 6. The molecule has 27 heavy (non-hydrogen) atoms. The summed E-state index contributed by atoms with van der Waals surface area (Å²) >= 11 is 1.84. The van der Waals surface area contributed by atoms with Gasteiger partial charge in [-0.05, 0) is 77.4 Å². The van der Waals surface area contributed by atoms with Crippen LogP contribution in [0.5, 0.6) is 5.75 Å². The topological polar surface area (TPSA) is 33.0 Å². The van der Waals surface area contributed by atoms with Crippen molar-refractivity contribution < 1.29 is 4.74 Å². The van der Waals surface area contributed by atoms with E-state index in [-0.39, 0.29) is 5.92 Å². The predicted molar refractivity (Wildman–Crippen MR) is 111 cm³/mol. The monoisotopic (exact) mass is 371 g/mol. The van der Waals surface area contributed by atoms with E-state index >= 15 is 0 Å². The fraction of sp³-hybridized carbons (Fsp3) is 0.292. The van der Waals surface area contributed by atoms with Crippen LogP contribution in [0, 0.1) is 23.2 Å². The molecule has 3 aromatic rings. The van der Waals surface area contributed by atoms with Crippen molar-refractivity contribution in [2.24, 2.45) is 0 Å². The van der Waals surface area contributed by atoms with Crippen molar-refractivity contribution in [2.75, 3.05) is 0 Å². The Bertz CT molecular complexity index is 1040. The lowest BCUT2D eigenvalue weighted by Crippen LogP contribution is -1.97. The van der Waals surface area contributed by atoms with Crippen LogP contribution in [0.1, 0.15) is 54.7 Å². The third-order valence-electron chi connectivity index (χ3n) is 4.99. The van der Waals surface area contributed by atoms with Gasteiger partial charge in [-0.2, -0.15) is 5.26 Å². The van der Waals surface area contributed by atoms with Crippen molar-refractivity contribution in [3.05, 3.63) is 64.5 Å². The van der Waals surface area contributed by atoms with Crippen molar-refractivity contribution in [3.63, 3.8) is 0 Å². The van der Waals surface area contributed by atoms with Crippen LogP contribution in [-0.2, 0) is 6.61 Å². The first-order chi connectivity index (χ1) is 13.3. The average Bonchev–Trinajstić information content (AvgIpc) is 3.46. The van der Waals surface area contributed by atoms with Gasteiger partial charge in [0.05, 0.1) is 18.4 Å². The number of nitriles is 1. The van der Waals surface area contributed by atoms with Gasteiger partial charge >= 0.3 is 0 Å². The van der Waals surface area contributed by atoms with Gasteiger partial charge in [-0.3, -0.25) is 0 Å². The molecular weight excluding hydrogens is 350 g/mol. The molecule has 0 radical (unpaired) electrons. The molecule has 0 saturated heterocycles. The molecule has 0 unspecified atom stereocenters. The summed E-state index contributed by atoms with van der Waals surface area (Å²) < 4.78 is 7.36. The van der Waals surface area contributed by atoms with Crippen molar-refractivity contribution in [2.45, 2.75) is 44.6 Å². The minimum Gasteiger partial charge on any atom is -0.489 e. The maximum absolute atomic E-state index is 8.97. The number of thiophene rings is 1. The number of hydrogen-bond acceptors (Lipinski definition) is 3. The molecule has 1 saturated carbocycles. The first kappa shape index (κ1) is 17.7. The molecule has 0 amide bonds. The van der Waals surface area contributed by atoms with Crippen LogP contribution in [0.4, 0.5) is 0 Å². The molecule has 1 aliphatic carbocycles. The zero-order valence-corrected chi connectivity index (χ0v) is 16.2. The van der Waals surface area contributed by atoms with E-state index in [2.05, 4.69) is 41.5 Å². The van der Waals surface area contributed by atoms with E-state index < -0.39 is 0 Å². The van der Waals surface area contributed by atoms with Gasteiger partial charge in [-0.1, -0.05) is 24.1 Å². The van der Waals surface area contributed by atoms with Crippen LogP contribution in [0.3, 0.4) is 0 Å². The van der Waals surface area contributed by atoms with E-state index in [0.717, 1.165) is 17.2 Å². The summed E-state index contributed by atoms with van der Waals surface area (Å²) in [7, 11) is 0. The van der Waals surface area contributed by atoms with Gasteiger partial charge in [-0.15, -0.1) is 17.3 Å².